The maximum atomic E-state index is 5.76. The van der Waals surface area contributed by atoms with Gasteiger partial charge in [0.25, 0.3) is 0 Å². The fourth-order valence-electron chi connectivity index (χ4n) is 1.94. The molecule has 5 heteroatoms. The summed E-state index contributed by atoms with van der Waals surface area (Å²) in [5, 5.41) is 3.94. The maximum Gasteiger partial charge on any atom is 0.173 e. The van der Waals surface area contributed by atoms with Crippen molar-refractivity contribution in [2.75, 3.05) is 31.2 Å². The number of benzene rings is 1. The zero-order valence-corrected chi connectivity index (χ0v) is 10.7. The van der Waals surface area contributed by atoms with Crippen molar-refractivity contribution in [3.63, 3.8) is 0 Å². The Morgan fingerprint density at radius 1 is 1.41 bits per heavy atom. The number of hydrogen-bond acceptors (Lipinski definition) is 3. The highest BCUT2D eigenvalue weighted by Gasteiger charge is 2.15. The van der Waals surface area contributed by atoms with Crippen LogP contribution in [0.5, 0.6) is 5.75 Å². The van der Waals surface area contributed by atoms with Crippen LogP contribution in [0, 0.1) is 0 Å². The molecule has 17 heavy (non-hydrogen) atoms. The minimum absolute atomic E-state index is 0.692. The molecule has 4 nitrogen and oxygen atoms in total. The molecule has 1 aromatic carbocycles. The van der Waals surface area contributed by atoms with Gasteiger partial charge in [-0.25, -0.2) is 0 Å². The summed E-state index contributed by atoms with van der Waals surface area (Å²) >= 11 is 5.37. The molecule has 0 radical (unpaired) electrons. The van der Waals surface area contributed by atoms with Gasteiger partial charge in [0, 0.05) is 18.8 Å². The van der Waals surface area contributed by atoms with Gasteiger partial charge in [-0.2, -0.15) is 0 Å². The second-order valence-electron chi connectivity index (χ2n) is 4.08. The Bertz CT molecular complexity index is 416. The van der Waals surface area contributed by atoms with Crippen molar-refractivity contribution in [3.8, 4) is 5.75 Å². The van der Waals surface area contributed by atoms with E-state index in [1.807, 2.05) is 18.2 Å². The molecule has 1 aromatic rings. The Hall–Kier alpha value is -1.49. The largest absolute Gasteiger partial charge is 0.495 e. The van der Waals surface area contributed by atoms with Crippen molar-refractivity contribution in [1.29, 1.82) is 0 Å². The van der Waals surface area contributed by atoms with E-state index in [-0.39, 0.29) is 0 Å². The lowest BCUT2D eigenvalue weighted by Crippen LogP contribution is -2.32. The van der Waals surface area contributed by atoms with Gasteiger partial charge in [0.15, 0.2) is 5.11 Å². The predicted octanol–water partition coefficient (Wildman–Crippen LogP) is 2.07. The number of nitrogens with zero attached hydrogens (tertiary/aromatic N) is 1. The molecule has 1 aliphatic heterocycles. The van der Waals surface area contributed by atoms with Crippen LogP contribution < -0.4 is 15.8 Å². The Morgan fingerprint density at radius 2 is 2.12 bits per heavy atom. The molecular formula is C12H17N3OS. The van der Waals surface area contributed by atoms with Crippen molar-refractivity contribution in [2.45, 2.75) is 12.8 Å². The predicted molar refractivity (Wildman–Crippen MR) is 74.4 cm³/mol. The van der Waals surface area contributed by atoms with Gasteiger partial charge >= 0.3 is 0 Å². The molecule has 0 saturated carbocycles. The molecule has 3 N–H and O–H groups in total. The number of likely N-dealkylation sites (tertiary alicyclic amines) is 1. The summed E-state index contributed by atoms with van der Waals surface area (Å²) in [6, 6.07) is 5.48. The lowest BCUT2D eigenvalue weighted by atomic mass is 10.2. The van der Waals surface area contributed by atoms with Crippen LogP contribution in [0.1, 0.15) is 12.8 Å². The van der Waals surface area contributed by atoms with Crippen LogP contribution >= 0.6 is 12.2 Å². The molecule has 0 unspecified atom stereocenters. The van der Waals surface area contributed by atoms with E-state index < -0.39 is 0 Å². The van der Waals surface area contributed by atoms with Gasteiger partial charge in [0.2, 0.25) is 0 Å². The first-order chi connectivity index (χ1) is 8.20. The van der Waals surface area contributed by atoms with Crippen molar-refractivity contribution >= 4 is 28.7 Å². The second kappa shape index (κ2) is 5.23. The monoisotopic (exact) mass is 251 g/mol. The number of nitrogen functional groups attached to an aromatic ring is 1. The third-order valence-corrected chi connectivity index (χ3v) is 3.22. The highest BCUT2D eigenvalue weighted by atomic mass is 32.1. The van der Waals surface area contributed by atoms with Gasteiger partial charge in [-0.3, -0.25) is 0 Å². The van der Waals surface area contributed by atoms with E-state index >= 15 is 0 Å². The van der Waals surface area contributed by atoms with Gasteiger partial charge in [-0.15, -0.1) is 0 Å². The summed E-state index contributed by atoms with van der Waals surface area (Å²) in [5.41, 5.74) is 7.27. The van der Waals surface area contributed by atoms with Gasteiger partial charge in [-0.1, -0.05) is 0 Å². The summed E-state index contributed by atoms with van der Waals surface area (Å²) in [4.78, 5) is 2.16. The molecule has 1 heterocycles. The summed E-state index contributed by atoms with van der Waals surface area (Å²) in [6.07, 6.45) is 2.41. The third-order valence-electron chi connectivity index (χ3n) is 2.86. The maximum absolute atomic E-state index is 5.76. The first kappa shape index (κ1) is 12.0. The Balaban J connectivity index is 2.11. The zero-order valence-electron chi connectivity index (χ0n) is 9.90. The molecule has 1 aliphatic rings. The van der Waals surface area contributed by atoms with Crippen LogP contribution in [-0.4, -0.2) is 30.2 Å². The molecular weight excluding hydrogens is 234 g/mol. The van der Waals surface area contributed by atoms with Crippen molar-refractivity contribution in [3.05, 3.63) is 18.2 Å². The minimum atomic E-state index is 0.692. The fraction of sp³-hybridized carbons (Fsp3) is 0.417. The second-order valence-corrected chi connectivity index (χ2v) is 4.47. The van der Waals surface area contributed by atoms with Crippen LogP contribution in [0.3, 0.4) is 0 Å². The number of nitrogens with one attached hydrogen (secondary N) is 1. The molecule has 0 atom stereocenters. The molecule has 0 bridgehead atoms. The Morgan fingerprint density at radius 3 is 2.76 bits per heavy atom. The van der Waals surface area contributed by atoms with Crippen molar-refractivity contribution in [2.24, 2.45) is 0 Å². The standard InChI is InChI=1S/C12H17N3OS/c1-16-11-5-4-9(13)8-10(11)14-12(17)15-6-2-3-7-15/h4-5,8H,2-3,6-7,13H2,1H3,(H,14,17). The highest BCUT2D eigenvalue weighted by molar-refractivity contribution is 7.80. The molecule has 2 rings (SSSR count). The molecule has 0 amide bonds. The van der Waals surface area contributed by atoms with Gasteiger partial charge in [0.05, 0.1) is 12.8 Å². The van der Waals surface area contributed by atoms with E-state index in [2.05, 4.69) is 10.2 Å². The summed E-state index contributed by atoms with van der Waals surface area (Å²) in [7, 11) is 1.63. The first-order valence-corrected chi connectivity index (χ1v) is 6.11. The van der Waals surface area contributed by atoms with Gasteiger partial charge in [0.1, 0.15) is 5.75 Å². The lowest BCUT2D eigenvalue weighted by Gasteiger charge is -2.20. The fourth-order valence-corrected chi connectivity index (χ4v) is 2.23. The number of anilines is 2. The van der Waals surface area contributed by atoms with Crippen molar-refractivity contribution < 1.29 is 4.74 Å². The number of hydrogen-bond donors (Lipinski definition) is 2. The van der Waals surface area contributed by atoms with E-state index in [1.54, 1.807) is 7.11 Å². The Kier molecular flexibility index (Phi) is 3.68. The highest BCUT2D eigenvalue weighted by Crippen LogP contribution is 2.27. The van der Waals surface area contributed by atoms with Gasteiger partial charge < -0.3 is 20.7 Å². The molecule has 0 aliphatic carbocycles. The quantitative estimate of drug-likeness (QED) is 0.622. The number of nitrogens with two attached hydrogens (primary N) is 1. The Labute approximate surface area is 107 Å². The minimum Gasteiger partial charge on any atom is -0.495 e. The van der Waals surface area contributed by atoms with Crippen LogP contribution in [0.15, 0.2) is 18.2 Å². The average Bonchev–Trinajstić information content (AvgIpc) is 2.83. The number of methoxy groups -OCH3 is 1. The molecule has 1 saturated heterocycles. The zero-order chi connectivity index (χ0) is 12.3. The topological polar surface area (TPSA) is 50.5 Å². The van der Waals surface area contributed by atoms with Gasteiger partial charge in [-0.05, 0) is 43.3 Å². The van der Waals surface area contributed by atoms with E-state index in [0.717, 1.165) is 29.6 Å². The van der Waals surface area contributed by atoms with E-state index in [9.17, 15) is 0 Å². The lowest BCUT2D eigenvalue weighted by molar-refractivity contribution is 0.416. The molecule has 1 fully saturated rings. The van der Waals surface area contributed by atoms with E-state index in [0.29, 0.717) is 5.69 Å². The van der Waals surface area contributed by atoms with Crippen LogP contribution in [-0.2, 0) is 0 Å². The summed E-state index contributed by atoms with van der Waals surface area (Å²) in [6.45, 7) is 2.05. The molecule has 0 aromatic heterocycles. The SMILES string of the molecule is COc1ccc(N)cc1NC(=S)N1CCCC1. The summed E-state index contributed by atoms with van der Waals surface area (Å²) in [5.74, 6) is 0.751. The van der Waals surface area contributed by atoms with Crippen LogP contribution in [0.2, 0.25) is 0 Å². The van der Waals surface area contributed by atoms with Crippen LogP contribution in [0.25, 0.3) is 0 Å². The number of ether oxygens (including phenoxy) is 1. The molecule has 0 spiro atoms. The molecule has 92 valence electrons. The van der Waals surface area contributed by atoms with E-state index in [4.69, 9.17) is 22.7 Å². The summed E-state index contributed by atoms with van der Waals surface area (Å²) < 4.78 is 5.27. The average molecular weight is 251 g/mol. The van der Waals surface area contributed by atoms with Crippen LogP contribution in [0.4, 0.5) is 11.4 Å². The van der Waals surface area contributed by atoms with Crippen molar-refractivity contribution in [1.82, 2.24) is 4.90 Å². The number of rotatable bonds is 2. The third kappa shape index (κ3) is 2.79. The van der Waals surface area contributed by atoms with E-state index in [1.165, 1.54) is 12.8 Å². The smallest absolute Gasteiger partial charge is 0.173 e. The first-order valence-electron chi connectivity index (χ1n) is 5.70. The number of thiocarbonyl (C=S) groups is 1. The normalized spacial score (nSPS) is 14.8.